The minimum Gasteiger partial charge on any atom is -0.229 e. The van der Waals surface area contributed by atoms with E-state index in [1.54, 1.807) is 6.08 Å². The fourth-order valence-electron chi connectivity index (χ4n) is 0.916. The van der Waals surface area contributed by atoms with Crippen molar-refractivity contribution in [2.45, 2.75) is 52.1 Å². The van der Waals surface area contributed by atoms with E-state index in [-0.39, 0.29) is 0 Å². The van der Waals surface area contributed by atoms with Crippen molar-refractivity contribution in [1.82, 2.24) is 0 Å². The first-order chi connectivity index (χ1) is 5.31. The molecule has 1 nitrogen and oxygen atoms in total. The smallest absolute Gasteiger partial charge is 0.111 e. The van der Waals surface area contributed by atoms with E-state index in [1.165, 1.54) is 0 Å². The third-order valence-electron chi connectivity index (χ3n) is 1.65. The van der Waals surface area contributed by atoms with Gasteiger partial charge in [0, 0.05) is 0 Å². The van der Waals surface area contributed by atoms with Crippen LogP contribution in [0.25, 0.3) is 0 Å². The normalized spacial score (nSPS) is 14.1. The van der Waals surface area contributed by atoms with Gasteiger partial charge >= 0.3 is 0 Å². The Morgan fingerprint density at radius 1 is 1.27 bits per heavy atom. The second kappa shape index (κ2) is 7.80. The summed E-state index contributed by atoms with van der Waals surface area (Å²) in [7, 11) is 0. The van der Waals surface area contributed by atoms with E-state index >= 15 is 0 Å². The fourth-order valence-corrected chi connectivity index (χ4v) is 0.916. The molecule has 0 saturated carbocycles. The number of allylic oxidation sites excluding steroid dienone is 1. The molecule has 0 bridgehead atoms. The highest BCUT2D eigenvalue weighted by Crippen LogP contribution is 2.02. The lowest BCUT2D eigenvalue weighted by Crippen LogP contribution is -1.98. The van der Waals surface area contributed by atoms with E-state index in [0.717, 1.165) is 32.1 Å². The van der Waals surface area contributed by atoms with Crippen LogP contribution in [0.15, 0.2) is 12.2 Å². The molecule has 0 aromatic heterocycles. The van der Waals surface area contributed by atoms with Gasteiger partial charge in [0.05, 0.1) is 0 Å². The molecule has 1 radical (unpaired) electrons. The fraction of sp³-hybridized carbons (Fsp3) is 0.800. The van der Waals surface area contributed by atoms with E-state index in [4.69, 9.17) is 0 Å². The summed E-state index contributed by atoms with van der Waals surface area (Å²) in [6.45, 7) is 4.23. The predicted octanol–water partition coefficient (Wildman–Crippen LogP) is 3.33. The summed E-state index contributed by atoms with van der Waals surface area (Å²) in [6.07, 6.45) is 8.53. The zero-order chi connectivity index (χ0) is 8.53. The number of rotatable bonds is 6. The maximum Gasteiger partial charge on any atom is 0.111 e. The van der Waals surface area contributed by atoms with Gasteiger partial charge in [-0.1, -0.05) is 45.3 Å². The first-order valence-corrected chi connectivity index (χ1v) is 4.63. The van der Waals surface area contributed by atoms with Gasteiger partial charge in [-0.05, 0) is 12.8 Å². The van der Waals surface area contributed by atoms with Gasteiger partial charge in [0.25, 0.3) is 0 Å². The van der Waals surface area contributed by atoms with Crippen molar-refractivity contribution < 1.29 is 5.11 Å². The highest BCUT2D eigenvalue weighted by Gasteiger charge is 1.97. The summed E-state index contributed by atoms with van der Waals surface area (Å²) in [5, 5.41) is 11.1. The first-order valence-electron chi connectivity index (χ1n) is 4.63. The Kier molecular flexibility index (Phi) is 7.59. The second-order valence-corrected chi connectivity index (χ2v) is 2.90. The molecule has 0 rings (SSSR count). The van der Waals surface area contributed by atoms with Crippen molar-refractivity contribution in [1.29, 1.82) is 0 Å². The van der Waals surface area contributed by atoms with Crippen LogP contribution in [-0.2, 0) is 5.11 Å². The Hall–Kier alpha value is -0.300. The van der Waals surface area contributed by atoms with E-state index in [2.05, 4.69) is 13.8 Å². The number of unbranched alkanes of at least 4 members (excludes halogenated alkanes) is 2. The Labute approximate surface area is 70.1 Å². The van der Waals surface area contributed by atoms with Gasteiger partial charge in [0.15, 0.2) is 0 Å². The predicted molar refractivity (Wildman–Crippen MR) is 48.0 cm³/mol. The molecule has 0 spiro atoms. The van der Waals surface area contributed by atoms with Gasteiger partial charge < -0.3 is 0 Å². The van der Waals surface area contributed by atoms with Crippen molar-refractivity contribution in [2.24, 2.45) is 0 Å². The molecule has 0 aromatic rings. The molecule has 0 aromatic carbocycles. The van der Waals surface area contributed by atoms with Crippen LogP contribution in [0.1, 0.15) is 46.0 Å². The van der Waals surface area contributed by atoms with E-state index in [1.807, 2.05) is 6.08 Å². The third-order valence-corrected chi connectivity index (χ3v) is 1.65. The van der Waals surface area contributed by atoms with Crippen molar-refractivity contribution >= 4 is 0 Å². The molecule has 65 valence electrons. The molecular formula is C10H19O. The minimum atomic E-state index is -0.457. The van der Waals surface area contributed by atoms with Crippen LogP contribution >= 0.6 is 0 Å². The molecule has 0 N–H and O–H groups in total. The van der Waals surface area contributed by atoms with Crippen LogP contribution in [0.3, 0.4) is 0 Å². The van der Waals surface area contributed by atoms with Gasteiger partial charge in [0.1, 0.15) is 6.10 Å². The van der Waals surface area contributed by atoms with E-state index < -0.39 is 6.10 Å². The molecule has 0 fully saturated rings. The molecule has 0 aliphatic heterocycles. The quantitative estimate of drug-likeness (QED) is 0.524. The van der Waals surface area contributed by atoms with Crippen molar-refractivity contribution in [2.75, 3.05) is 0 Å². The summed E-state index contributed by atoms with van der Waals surface area (Å²) >= 11 is 0. The van der Waals surface area contributed by atoms with E-state index in [9.17, 15) is 5.11 Å². The van der Waals surface area contributed by atoms with E-state index in [0.29, 0.717) is 0 Å². The lowest BCUT2D eigenvalue weighted by atomic mass is 10.1. The summed E-state index contributed by atoms with van der Waals surface area (Å²) in [6, 6.07) is 0. The highest BCUT2D eigenvalue weighted by atomic mass is 16.3. The maximum atomic E-state index is 11.1. The SMILES string of the molecule is CCC/C=C/C([O])CCCC. The standard InChI is InChI=1S/C10H19O/c1-3-5-7-9-10(11)8-6-4-2/h7,9-10H,3-6,8H2,1-2H3/b9-7+. The summed E-state index contributed by atoms with van der Waals surface area (Å²) in [4.78, 5) is 0. The second-order valence-electron chi connectivity index (χ2n) is 2.90. The molecule has 0 aliphatic carbocycles. The monoisotopic (exact) mass is 155 g/mol. The largest absolute Gasteiger partial charge is 0.229 e. The van der Waals surface area contributed by atoms with Gasteiger partial charge in [-0.3, -0.25) is 0 Å². The first kappa shape index (κ1) is 10.7. The average molecular weight is 155 g/mol. The lowest BCUT2D eigenvalue weighted by molar-refractivity contribution is 0.119. The summed E-state index contributed by atoms with van der Waals surface area (Å²) in [5.74, 6) is 0. The Bertz CT molecular complexity index is 97.0. The van der Waals surface area contributed by atoms with Gasteiger partial charge in [-0.2, -0.15) is 0 Å². The third kappa shape index (κ3) is 7.60. The molecular weight excluding hydrogens is 136 g/mol. The topological polar surface area (TPSA) is 19.9 Å². The highest BCUT2D eigenvalue weighted by molar-refractivity contribution is 4.87. The zero-order valence-electron chi connectivity index (χ0n) is 7.68. The van der Waals surface area contributed by atoms with Crippen LogP contribution in [0, 0.1) is 0 Å². The van der Waals surface area contributed by atoms with Gasteiger partial charge in [-0.25, -0.2) is 5.11 Å². The van der Waals surface area contributed by atoms with Crippen LogP contribution < -0.4 is 0 Å². The zero-order valence-corrected chi connectivity index (χ0v) is 7.68. The van der Waals surface area contributed by atoms with Crippen molar-refractivity contribution in [3.8, 4) is 0 Å². The molecule has 0 saturated heterocycles. The lowest BCUT2D eigenvalue weighted by Gasteiger charge is -1.99. The van der Waals surface area contributed by atoms with Gasteiger partial charge in [0.2, 0.25) is 0 Å². The molecule has 11 heavy (non-hydrogen) atoms. The summed E-state index contributed by atoms with van der Waals surface area (Å²) < 4.78 is 0. The molecule has 0 aliphatic rings. The maximum absolute atomic E-state index is 11.1. The Morgan fingerprint density at radius 3 is 2.55 bits per heavy atom. The Morgan fingerprint density at radius 2 is 2.00 bits per heavy atom. The minimum absolute atomic E-state index is 0.457. The van der Waals surface area contributed by atoms with Crippen molar-refractivity contribution in [3.63, 3.8) is 0 Å². The van der Waals surface area contributed by atoms with Crippen LogP contribution in [-0.4, -0.2) is 6.10 Å². The van der Waals surface area contributed by atoms with Crippen LogP contribution in [0.2, 0.25) is 0 Å². The molecule has 0 amide bonds. The molecule has 0 heterocycles. The number of hydrogen-bond donors (Lipinski definition) is 0. The Balaban J connectivity index is 3.27. The number of hydrogen-bond acceptors (Lipinski definition) is 0. The molecule has 1 atom stereocenters. The van der Waals surface area contributed by atoms with Crippen LogP contribution in [0.4, 0.5) is 0 Å². The van der Waals surface area contributed by atoms with Crippen molar-refractivity contribution in [3.05, 3.63) is 12.2 Å². The average Bonchev–Trinajstić information content (AvgIpc) is 2.01. The van der Waals surface area contributed by atoms with Crippen LogP contribution in [0.5, 0.6) is 0 Å². The summed E-state index contributed by atoms with van der Waals surface area (Å²) in [5.41, 5.74) is 0. The molecule has 1 unspecified atom stereocenters. The van der Waals surface area contributed by atoms with Gasteiger partial charge in [-0.15, -0.1) is 0 Å². The molecule has 1 heteroatoms.